The third-order valence-electron chi connectivity index (χ3n) is 2.66. The summed E-state index contributed by atoms with van der Waals surface area (Å²) in [6.45, 7) is 2.32. The van der Waals surface area contributed by atoms with E-state index in [1.807, 2.05) is 25.1 Å². The standard InChI is InChI=1S/C14H15N3O2/c1-10-4-3-5-12(16-10)9-17(2)14(19)11-6-13(18)8-15-7-11/h3-8,18H,9H2,1-2H3. The Labute approximate surface area is 111 Å². The third-order valence-corrected chi connectivity index (χ3v) is 2.66. The monoisotopic (exact) mass is 257 g/mol. The van der Waals surface area contributed by atoms with Crippen molar-refractivity contribution in [3.63, 3.8) is 0 Å². The van der Waals surface area contributed by atoms with Crippen LogP contribution in [-0.4, -0.2) is 32.9 Å². The van der Waals surface area contributed by atoms with Gasteiger partial charge in [-0.15, -0.1) is 0 Å². The quantitative estimate of drug-likeness (QED) is 0.910. The van der Waals surface area contributed by atoms with Crippen molar-refractivity contribution in [3.8, 4) is 5.75 Å². The first-order chi connectivity index (χ1) is 9.06. The molecule has 0 aliphatic rings. The number of rotatable bonds is 3. The first-order valence-electron chi connectivity index (χ1n) is 5.88. The second-order valence-corrected chi connectivity index (χ2v) is 4.36. The predicted octanol–water partition coefficient (Wildman–Crippen LogP) is 1.76. The molecule has 0 spiro atoms. The van der Waals surface area contributed by atoms with Crippen LogP contribution in [-0.2, 0) is 6.54 Å². The average Bonchev–Trinajstić information content (AvgIpc) is 2.38. The second-order valence-electron chi connectivity index (χ2n) is 4.36. The summed E-state index contributed by atoms with van der Waals surface area (Å²) in [6.07, 6.45) is 2.72. The van der Waals surface area contributed by atoms with Gasteiger partial charge in [-0.1, -0.05) is 6.07 Å². The van der Waals surface area contributed by atoms with Gasteiger partial charge in [0.05, 0.1) is 24.0 Å². The zero-order valence-corrected chi connectivity index (χ0v) is 10.9. The molecule has 19 heavy (non-hydrogen) atoms. The Morgan fingerprint density at radius 3 is 2.84 bits per heavy atom. The third kappa shape index (κ3) is 3.28. The molecule has 0 unspecified atom stereocenters. The summed E-state index contributed by atoms with van der Waals surface area (Å²) in [5, 5.41) is 9.32. The van der Waals surface area contributed by atoms with Crippen LogP contribution in [0.4, 0.5) is 0 Å². The van der Waals surface area contributed by atoms with Gasteiger partial charge in [0.1, 0.15) is 5.75 Å². The predicted molar refractivity (Wildman–Crippen MR) is 70.7 cm³/mol. The van der Waals surface area contributed by atoms with Gasteiger partial charge in [0.2, 0.25) is 0 Å². The van der Waals surface area contributed by atoms with Crippen molar-refractivity contribution in [2.24, 2.45) is 0 Å². The van der Waals surface area contributed by atoms with Gasteiger partial charge < -0.3 is 10.0 Å². The van der Waals surface area contributed by atoms with Crippen molar-refractivity contribution >= 4 is 5.91 Å². The maximum atomic E-state index is 12.1. The maximum absolute atomic E-state index is 12.1. The summed E-state index contributed by atoms with van der Waals surface area (Å²) in [4.78, 5) is 21.8. The van der Waals surface area contributed by atoms with Crippen LogP contribution < -0.4 is 0 Å². The number of hydrogen-bond acceptors (Lipinski definition) is 4. The lowest BCUT2D eigenvalue weighted by Gasteiger charge is -2.16. The van der Waals surface area contributed by atoms with E-state index in [1.165, 1.54) is 23.4 Å². The molecule has 1 N–H and O–H groups in total. The van der Waals surface area contributed by atoms with Crippen molar-refractivity contribution in [2.75, 3.05) is 7.05 Å². The van der Waals surface area contributed by atoms with E-state index in [0.717, 1.165) is 11.4 Å². The molecule has 2 aromatic rings. The molecule has 98 valence electrons. The zero-order valence-electron chi connectivity index (χ0n) is 10.9. The van der Waals surface area contributed by atoms with Crippen molar-refractivity contribution in [3.05, 3.63) is 53.6 Å². The van der Waals surface area contributed by atoms with Gasteiger partial charge >= 0.3 is 0 Å². The van der Waals surface area contributed by atoms with Crippen LogP contribution in [0.1, 0.15) is 21.7 Å². The number of carbonyl (C=O) groups is 1. The Hall–Kier alpha value is -2.43. The Morgan fingerprint density at radius 2 is 2.16 bits per heavy atom. The highest BCUT2D eigenvalue weighted by Crippen LogP contribution is 2.11. The summed E-state index contributed by atoms with van der Waals surface area (Å²) >= 11 is 0. The molecule has 0 aliphatic heterocycles. The average molecular weight is 257 g/mol. The second kappa shape index (κ2) is 5.48. The Kier molecular flexibility index (Phi) is 3.75. The number of hydrogen-bond donors (Lipinski definition) is 1. The minimum atomic E-state index is -0.202. The van der Waals surface area contributed by atoms with E-state index in [-0.39, 0.29) is 11.7 Å². The smallest absolute Gasteiger partial charge is 0.255 e. The van der Waals surface area contributed by atoms with Crippen molar-refractivity contribution in [1.82, 2.24) is 14.9 Å². The molecule has 5 nitrogen and oxygen atoms in total. The first kappa shape index (κ1) is 13.0. The molecule has 0 radical (unpaired) electrons. The van der Waals surface area contributed by atoms with Crippen molar-refractivity contribution in [2.45, 2.75) is 13.5 Å². The number of amides is 1. The number of nitrogens with zero attached hydrogens (tertiary/aromatic N) is 3. The summed E-state index contributed by atoms with van der Waals surface area (Å²) in [7, 11) is 1.69. The summed E-state index contributed by atoms with van der Waals surface area (Å²) < 4.78 is 0. The summed E-state index contributed by atoms with van der Waals surface area (Å²) in [6, 6.07) is 7.09. The van der Waals surface area contributed by atoms with E-state index >= 15 is 0 Å². The van der Waals surface area contributed by atoms with Crippen molar-refractivity contribution in [1.29, 1.82) is 0 Å². The normalized spacial score (nSPS) is 10.2. The maximum Gasteiger partial charge on any atom is 0.255 e. The van der Waals surface area contributed by atoms with Gasteiger partial charge in [-0.3, -0.25) is 14.8 Å². The van der Waals surface area contributed by atoms with Crippen LogP contribution in [0.5, 0.6) is 5.75 Å². The minimum Gasteiger partial charge on any atom is -0.506 e. The fourth-order valence-corrected chi connectivity index (χ4v) is 1.77. The molecular weight excluding hydrogens is 242 g/mol. The first-order valence-corrected chi connectivity index (χ1v) is 5.88. The van der Waals surface area contributed by atoms with Crippen LogP contribution in [0.15, 0.2) is 36.7 Å². The fraction of sp³-hybridized carbons (Fsp3) is 0.214. The largest absolute Gasteiger partial charge is 0.506 e. The molecule has 2 rings (SSSR count). The molecule has 0 aliphatic carbocycles. The van der Waals surface area contributed by atoms with Gasteiger partial charge in [-0.05, 0) is 25.1 Å². The van der Waals surface area contributed by atoms with Crippen molar-refractivity contribution < 1.29 is 9.90 Å². The van der Waals surface area contributed by atoms with Gasteiger partial charge in [0.25, 0.3) is 5.91 Å². The molecule has 0 bridgehead atoms. The van der Waals surface area contributed by atoms with Crippen LogP contribution in [0, 0.1) is 6.92 Å². The highest BCUT2D eigenvalue weighted by atomic mass is 16.3. The topological polar surface area (TPSA) is 66.3 Å². The lowest BCUT2D eigenvalue weighted by molar-refractivity contribution is 0.0782. The minimum absolute atomic E-state index is 0.0204. The van der Waals surface area contributed by atoms with Crippen LogP contribution in [0.2, 0.25) is 0 Å². The number of aromatic nitrogens is 2. The Balaban J connectivity index is 2.12. The molecule has 0 fully saturated rings. The molecule has 0 aromatic carbocycles. The summed E-state index contributed by atoms with van der Waals surface area (Å²) in [5.41, 5.74) is 2.09. The van der Waals surface area contributed by atoms with E-state index in [1.54, 1.807) is 7.05 Å². The number of pyridine rings is 2. The SMILES string of the molecule is Cc1cccc(CN(C)C(=O)c2cncc(O)c2)n1. The summed E-state index contributed by atoms with van der Waals surface area (Å²) in [5.74, 6) is -0.223. The molecule has 0 saturated heterocycles. The number of aryl methyl sites for hydroxylation is 1. The van der Waals surface area contributed by atoms with Gasteiger partial charge in [0.15, 0.2) is 0 Å². The highest BCUT2D eigenvalue weighted by Gasteiger charge is 2.13. The number of aromatic hydroxyl groups is 1. The Bertz CT molecular complexity index is 599. The fourth-order valence-electron chi connectivity index (χ4n) is 1.77. The zero-order chi connectivity index (χ0) is 13.8. The number of carbonyl (C=O) groups excluding carboxylic acids is 1. The molecule has 0 saturated carbocycles. The molecule has 2 aromatic heterocycles. The van der Waals surface area contributed by atoms with E-state index in [0.29, 0.717) is 12.1 Å². The van der Waals surface area contributed by atoms with Crippen LogP contribution >= 0.6 is 0 Å². The van der Waals surface area contributed by atoms with Crippen LogP contribution in [0.25, 0.3) is 0 Å². The highest BCUT2D eigenvalue weighted by molar-refractivity contribution is 5.94. The van der Waals surface area contributed by atoms with E-state index in [2.05, 4.69) is 9.97 Å². The molecule has 1 amide bonds. The molecule has 5 heteroatoms. The van der Waals surface area contributed by atoms with Gasteiger partial charge in [-0.2, -0.15) is 0 Å². The van der Waals surface area contributed by atoms with Crippen LogP contribution in [0.3, 0.4) is 0 Å². The molecular formula is C14H15N3O2. The Morgan fingerprint density at radius 1 is 1.37 bits per heavy atom. The van der Waals surface area contributed by atoms with E-state index < -0.39 is 0 Å². The van der Waals surface area contributed by atoms with Gasteiger partial charge in [0, 0.05) is 18.9 Å². The van der Waals surface area contributed by atoms with Gasteiger partial charge in [-0.25, -0.2) is 0 Å². The lowest BCUT2D eigenvalue weighted by Crippen LogP contribution is -2.26. The van der Waals surface area contributed by atoms with E-state index in [4.69, 9.17) is 0 Å². The molecule has 0 atom stereocenters. The van der Waals surface area contributed by atoms with E-state index in [9.17, 15) is 9.90 Å². The molecule has 2 heterocycles. The lowest BCUT2D eigenvalue weighted by atomic mass is 10.2.